The molecule has 1 rings (SSSR count). The van der Waals surface area contributed by atoms with Crippen molar-refractivity contribution in [1.29, 1.82) is 0 Å². The van der Waals surface area contributed by atoms with E-state index in [1.807, 2.05) is 12.1 Å². The van der Waals surface area contributed by atoms with Crippen molar-refractivity contribution in [2.75, 3.05) is 0 Å². The third kappa shape index (κ3) is 2.07. The molecule has 0 amide bonds. The van der Waals surface area contributed by atoms with Crippen molar-refractivity contribution in [1.82, 2.24) is 0 Å². The topological polar surface area (TPSA) is 0 Å². The first kappa shape index (κ1) is 8.32. The average molecular weight is 146 g/mol. The normalized spacial score (nSPS) is 13.0. The predicted octanol–water partition coefficient (Wildman–Crippen LogP) is 3.26. The van der Waals surface area contributed by atoms with Gasteiger partial charge in [0, 0.05) is 0 Å². The van der Waals surface area contributed by atoms with E-state index in [1.165, 1.54) is 12.0 Å². The zero-order chi connectivity index (χ0) is 8.27. The molecule has 0 aliphatic carbocycles. The Balaban J connectivity index is 2.81. The Labute approximate surface area is 69.3 Å². The molecule has 0 aliphatic heterocycles. The zero-order valence-electron chi connectivity index (χ0n) is 7.17. The Hall–Kier alpha value is -0.780. The van der Waals surface area contributed by atoms with E-state index in [-0.39, 0.29) is 0 Å². The van der Waals surface area contributed by atoms with Crippen molar-refractivity contribution in [2.45, 2.75) is 26.2 Å². The van der Waals surface area contributed by atoms with Crippen LogP contribution >= 0.6 is 0 Å². The SMILES string of the molecule is [CH]c1ccc(C(C)CC)cc1. The minimum absolute atomic E-state index is 0.649. The fourth-order valence-corrected chi connectivity index (χ4v) is 1.06. The zero-order valence-corrected chi connectivity index (χ0v) is 7.17. The lowest BCUT2D eigenvalue weighted by atomic mass is 9.98. The molecule has 1 aromatic carbocycles. The van der Waals surface area contributed by atoms with Crippen molar-refractivity contribution in [3.63, 3.8) is 0 Å². The van der Waals surface area contributed by atoms with Crippen LogP contribution in [0.5, 0.6) is 0 Å². The van der Waals surface area contributed by atoms with Gasteiger partial charge in [-0.15, -0.1) is 0 Å². The summed E-state index contributed by atoms with van der Waals surface area (Å²) in [5.41, 5.74) is 2.22. The molecule has 0 saturated heterocycles. The Morgan fingerprint density at radius 3 is 2.27 bits per heavy atom. The van der Waals surface area contributed by atoms with Gasteiger partial charge in [0.15, 0.2) is 0 Å². The standard InChI is InChI=1S/C11H14/c1-4-10(3)11-7-5-9(2)6-8-11/h2,5-8,10H,4H2,1,3H3. The van der Waals surface area contributed by atoms with Gasteiger partial charge in [-0.25, -0.2) is 0 Å². The summed E-state index contributed by atoms with van der Waals surface area (Å²) in [5, 5.41) is 0. The third-order valence-electron chi connectivity index (χ3n) is 2.12. The van der Waals surface area contributed by atoms with Gasteiger partial charge in [0.2, 0.25) is 0 Å². The maximum atomic E-state index is 5.57. The van der Waals surface area contributed by atoms with Gasteiger partial charge < -0.3 is 0 Å². The van der Waals surface area contributed by atoms with Gasteiger partial charge in [0.25, 0.3) is 0 Å². The minimum atomic E-state index is 0.649. The van der Waals surface area contributed by atoms with Gasteiger partial charge in [0.05, 0.1) is 0 Å². The minimum Gasteiger partial charge on any atom is -0.0648 e. The molecule has 0 nitrogen and oxygen atoms in total. The van der Waals surface area contributed by atoms with Crippen molar-refractivity contribution >= 4 is 0 Å². The second-order valence-electron chi connectivity index (χ2n) is 2.98. The van der Waals surface area contributed by atoms with E-state index in [1.54, 1.807) is 0 Å². The van der Waals surface area contributed by atoms with Gasteiger partial charge in [-0.3, -0.25) is 0 Å². The monoisotopic (exact) mass is 146 g/mol. The Kier molecular flexibility index (Phi) is 2.70. The smallest absolute Gasteiger partial charge is 0.00120 e. The lowest BCUT2D eigenvalue weighted by Crippen LogP contribution is -1.89. The molecule has 0 fully saturated rings. The highest BCUT2D eigenvalue weighted by Crippen LogP contribution is 2.18. The molecular weight excluding hydrogens is 132 g/mol. The maximum absolute atomic E-state index is 5.57. The highest BCUT2D eigenvalue weighted by atomic mass is 14.0. The summed E-state index contributed by atoms with van der Waals surface area (Å²) in [6, 6.07) is 8.12. The first-order chi connectivity index (χ1) is 5.24. The summed E-state index contributed by atoms with van der Waals surface area (Å²) in [6.45, 7) is 9.99. The molecule has 0 heteroatoms. The van der Waals surface area contributed by atoms with Crippen molar-refractivity contribution in [2.24, 2.45) is 0 Å². The van der Waals surface area contributed by atoms with Gasteiger partial charge in [-0.2, -0.15) is 0 Å². The van der Waals surface area contributed by atoms with Crippen LogP contribution in [-0.2, 0) is 0 Å². The van der Waals surface area contributed by atoms with Crippen LogP contribution in [0.1, 0.15) is 37.3 Å². The molecule has 2 radical (unpaired) electrons. The van der Waals surface area contributed by atoms with Crippen molar-refractivity contribution in [3.05, 3.63) is 42.3 Å². The summed E-state index contributed by atoms with van der Waals surface area (Å²) in [7, 11) is 0. The number of rotatable bonds is 2. The molecular formula is C11H14. The van der Waals surface area contributed by atoms with E-state index < -0.39 is 0 Å². The maximum Gasteiger partial charge on any atom is -0.00120 e. The van der Waals surface area contributed by atoms with E-state index in [2.05, 4.69) is 26.0 Å². The molecule has 0 saturated carbocycles. The Morgan fingerprint density at radius 1 is 1.27 bits per heavy atom. The predicted molar refractivity (Wildman–Crippen MR) is 48.6 cm³/mol. The van der Waals surface area contributed by atoms with Crippen LogP contribution in [0.2, 0.25) is 0 Å². The fraction of sp³-hybridized carbons (Fsp3) is 0.364. The van der Waals surface area contributed by atoms with E-state index in [0.29, 0.717) is 5.92 Å². The van der Waals surface area contributed by atoms with Crippen LogP contribution in [0.3, 0.4) is 0 Å². The van der Waals surface area contributed by atoms with Crippen LogP contribution in [0, 0.1) is 6.92 Å². The van der Waals surface area contributed by atoms with Gasteiger partial charge in [-0.05, 0) is 30.4 Å². The largest absolute Gasteiger partial charge is 0.0648 e. The highest BCUT2D eigenvalue weighted by molar-refractivity contribution is 5.26. The molecule has 58 valence electrons. The second kappa shape index (κ2) is 3.56. The molecule has 0 spiro atoms. The van der Waals surface area contributed by atoms with Crippen molar-refractivity contribution in [3.8, 4) is 0 Å². The average Bonchev–Trinajstić information content (AvgIpc) is 2.05. The molecule has 1 aromatic rings. The highest BCUT2D eigenvalue weighted by Gasteiger charge is 2.00. The van der Waals surface area contributed by atoms with E-state index in [4.69, 9.17) is 6.92 Å². The number of benzene rings is 1. The summed E-state index contributed by atoms with van der Waals surface area (Å²) in [5.74, 6) is 0.649. The summed E-state index contributed by atoms with van der Waals surface area (Å²) in [6.07, 6.45) is 1.18. The number of hydrogen-bond acceptors (Lipinski definition) is 0. The first-order valence-electron chi connectivity index (χ1n) is 4.09. The van der Waals surface area contributed by atoms with Crippen LogP contribution in [0.4, 0.5) is 0 Å². The van der Waals surface area contributed by atoms with E-state index in [9.17, 15) is 0 Å². The van der Waals surface area contributed by atoms with Crippen LogP contribution in [0.25, 0.3) is 0 Å². The van der Waals surface area contributed by atoms with Gasteiger partial charge >= 0.3 is 0 Å². The summed E-state index contributed by atoms with van der Waals surface area (Å²) >= 11 is 0. The molecule has 0 aromatic heterocycles. The van der Waals surface area contributed by atoms with Crippen LogP contribution in [-0.4, -0.2) is 0 Å². The third-order valence-corrected chi connectivity index (χ3v) is 2.12. The molecule has 11 heavy (non-hydrogen) atoms. The van der Waals surface area contributed by atoms with Gasteiger partial charge in [-0.1, -0.05) is 38.1 Å². The quantitative estimate of drug-likeness (QED) is 0.600. The lowest BCUT2D eigenvalue weighted by Gasteiger charge is -2.07. The van der Waals surface area contributed by atoms with Gasteiger partial charge in [0.1, 0.15) is 0 Å². The molecule has 1 atom stereocenters. The van der Waals surface area contributed by atoms with E-state index >= 15 is 0 Å². The van der Waals surface area contributed by atoms with Crippen LogP contribution in [0.15, 0.2) is 24.3 Å². The molecule has 0 heterocycles. The Bertz CT molecular complexity index is 208. The Morgan fingerprint density at radius 2 is 1.82 bits per heavy atom. The second-order valence-corrected chi connectivity index (χ2v) is 2.98. The van der Waals surface area contributed by atoms with E-state index in [0.717, 1.165) is 5.56 Å². The van der Waals surface area contributed by atoms with Crippen molar-refractivity contribution < 1.29 is 0 Å². The lowest BCUT2D eigenvalue weighted by molar-refractivity contribution is 0.733. The molecule has 0 N–H and O–H groups in total. The first-order valence-corrected chi connectivity index (χ1v) is 4.09. The molecule has 1 unspecified atom stereocenters. The number of hydrogen-bond donors (Lipinski definition) is 0. The van der Waals surface area contributed by atoms with Crippen LogP contribution < -0.4 is 0 Å². The fourth-order valence-electron chi connectivity index (χ4n) is 1.06. The molecule has 0 bridgehead atoms. The summed E-state index contributed by atoms with van der Waals surface area (Å²) in [4.78, 5) is 0. The summed E-state index contributed by atoms with van der Waals surface area (Å²) < 4.78 is 0. The molecule has 0 aliphatic rings.